The highest BCUT2D eigenvalue weighted by Crippen LogP contribution is 2.32. The third-order valence-corrected chi connectivity index (χ3v) is 7.25. The Bertz CT molecular complexity index is 281. The summed E-state index contributed by atoms with van der Waals surface area (Å²) >= 11 is 0. The Labute approximate surface area is 157 Å². The molecule has 2 rings (SSSR count). The van der Waals surface area contributed by atoms with Gasteiger partial charge in [-0.3, -0.25) is 0 Å². The lowest BCUT2D eigenvalue weighted by Gasteiger charge is -2.28. The van der Waals surface area contributed by atoms with E-state index in [-0.39, 0.29) is 0 Å². The van der Waals surface area contributed by atoms with Crippen molar-refractivity contribution < 1.29 is 9.47 Å². The van der Waals surface area contributed by atoms with Crippen molar-refractivity contribution >= 4 is 22.0 Å². The Balaban J connectivity index is 1.76. The van der Waals surface area contributed by atoms with E-state index in [1.807, 2.05) is 22.0 Å². The molecule has 6 heteroatoms. The maximum atomic E-state index is 5.84. The third kappa shape index (κ3) is 8.28. The molecule has 0 aromatic heterocycles. The molecule has 0 aromatic rings. The molecule has 0 radical (unpaired) electrons. The average Bonchev–Trinajstić information content (AvgIpc) is 3.28. The van der Waals surface area contributed by atoms with Crippen molar-refractivity contribution in [3.8, 4) is 0 Å². The predicted octanol–water partition coefficient (Wildman–Crippen LogP) is 4.76. The van der Waals surface area contributed by atoms with Gasteiger partial charge in [-0.05, 0) is 38.5 Å². The zero-order valence-electron chi connectivity index (χ0n) is 15.6. The minimum Gasteiger partial charge on any atom is -0.377 e. The summed E-state index contributed by atoms with van der Waals surface area (Å²) in [5.74, 6) is 0. The largest absolute Gasteiger partial charge is 0.377 e. The van der Waals surface area contributed by atoms with Crippen LogP contribution in [-0.4, -0.2) is 60.2 Å². The van der Waals surface area contributed by atoms with Crippen molar-refractivity contribution in [2.24, 2.45) is 0 Å². The molecule has 2 heterocycles. The van der Waals surface area contributed by atoms with Crippen LogP contribution in [0.3, 0.4) is 0 Å². The number of hydrogen-bond donors (Lipinski definition) is 0. The second-order valence-corrected chi connectivity index (χ2v) is 9.13. The minimum atomic E-state index is 0.442. The fourth-order valence-electron chi connectivity index (χ4n) is 3.11. The number of rotatable bonds is 13. The maximum Gasteiger partial charge on any atom is 0.0712 e. The SMILES string of the molecule is CCCCN(CC1CCCO1)SSN(CCCC)CC1CCCO1. The van der Waals surface area contributed by atoms with E-state index in [2.05, 4.69) is 22.5 Å². The van der Waals surface area contributed by atoms with Crippen LogP contribution in [-0.2, 0) is 9.47 Å². The lowest BCUT2D eigenvalue weighted by Crippen LogP contribution is -2.30. The quantitative estimate of drug-likeness (QED) is 0.339. The molecule has 142 valence electrons. The van der Waals surface area contributed by atoms with E-state index in [0.29, 0.717) is 12.2 Å². The van der Waals surface area contributed by atoms with Crippen molar-refractivity contribution in [1.82, 2.24) is 8.61 Å². The second-order valence-electron chi connectivity index (χ2n) is 6.90. The maximum absolute atomic E-state index is 5.84. The fraction of sp³-hybridized carbons (Fsp3) is 1.00. The molecule has 2 fully saturated rings. The summed E-state index contributed by atoms with van der Waals surface area (Å²) in [4.78, 5) is 0. The molecule has 2 aliphatic heterocycles. The Hall–Kier alpha value is 0.540. The highest BCUT2D eigenvalue weighted by molar-refractivity contribution is 8.74. The first-order valence-electron chi connectivity index (χ1n) is 9.89. The summed E-state index contributed by atoms with van der Waals surface area (Å²) in [6.07, 6.45) is 10.8. The van der Waals surface area contributed by atoms with Crippen LogP contribution in [0.15, 0.2) is 0 Å². The lowest BCUT2D eigenvalue weighted by molar-refractivity contribution is 0.0951. The Morgan fingerprint density at radius 2 is 1.25 bits per heavy atom. The summed E-state index contributed by atoms with van der Waals surface area (Å²) < 4.78 is 16.7. The molecule has 0 saturated carbocycles. The van der Waals surface area contributed by atoms with Gasteiger partial charge >= 0.3 is 0 Å². The zero-order chi connectivity index (χ0) is 17.0. The normalized spacial score (nSPS) is 24.5. The van der Waals surface area contributed by atoms with Crippen LogP contribution in [0.2, 0.25) is 0 Å². The first-order valence-corrected chi connectivity index (χ1v) is 12.0. The molecular weight excluding hydrogens is 340 g/mol. The van der Waals surface area contributed by atoms with E-state index in [0.717, 1.165) is 39.4 Å². The summed E-state index contributed by atoms with van der Waals surface area (Å²) in [7, 11) is 3.86. The number of hydrogen-bond acceptors (Lipinski definition) is 6. The van der Waals surface area contributed by atoms with Gasteiger partial charge in [0, 0.05) is 61.4 Å². The van der Waals surface area contributed by atoms with Crippen LogP contribution < -0.4 is 0 Å². The van der Waals surface area contributed by atoms with Crippen molar-refractivity contribution in [3.05, 3.63) is 0 Å². The molecule has 0 amide bonds. The molecule has 2 atom stereocenters. The molecule has 0 spiro atoms. The smallest absolute Gasteiger partial charge is 0.0712 e. The van der Waals surface area contributed by atoms with Crippen molar-refractivity contribution in [2.45, 2.75) is 77.4 Å². The average molecular weight is 377 g/mol. The van der Waals surface area contributed by atoms with Gasteiger partial charge in [0.25, 0.3) is 0 Å². The molecule has 0 aromatic carbocycles. The minimum absolute atomic E-state index is 0.442. The van der Waals surface area contributed by atoms with Crippen LogP contribution >= 0.6 is 22.0 Å². The van der Waals surface area contributed by atoms with Crippen LogP contribution in [0.1, 0.15) is 65.2 Å². The molecule has 2 saturated heterocycles. The lowest BCUT2D eigenvalue weighted by atomic mass is 10.2. The van der Waals surface area contributed by atoms with Crippen LogP contribution in [0, 0.1) is 0 Å². The van der Waals surface area contributed by atoms with E-state index in [4.69, 9.17) is 9.47 Å². The molecule has 0 bridgehead atoms. The fourth-order valence-corrected chi connectivity index (χ4v) is 5.54. The van der Waals surface area contributed by atoms with Crippen LogP contribution in [0.5, 0.6) is 0 Å². The Kier molecular flexibility index (Phi) is 11.1. The molecule has 0 N–H and O–H groups in total. The molecule has 24 heavy (non-hydrogen) atoms. The summed E-state index contributed by atoms with van der Waals surface area (Å²) in [5.41, 5.74) is 0. The standard InChI is InChI=1S/C18H36N2O2S2/c1-3-5-11-19(15-17-9-7-13-21-17)23-24-20(12-6-4-2)16-18-10-8-14-22-18/h17-18H,3-16H2,1-2H3. The van der Waals surface area contributed by atoms with Crippen LogP contribution in [0.4, 0.5) is 0 Å². The first-order chi connectivity index (χ1) is 11.8. The van der Waals surface area contributed by atoms with Crippen LogP contribution in [0.25, 0.3) is 0 Å². The van der Waals surface area contributed by atoms with E-state index >= 15 is 0 Å². The van der Waals surface area contributed by atoms with Gasteiger partial charge in [0.2, 0.25) is 0 Å². The van der Waals surface area contributed by atoms with Gasteiger partial charge in [0.15, 0.2) is 0 Å². The number of ether oxygens (including phenoxy) is 2. The van der Waals surface area contributed by atoms with Gasteiger partial charge < -0.3 is 9.47 Å². The topological polar surface area (TPSA) is 24.9 Å². The second kappa shape index (κ2) is 12.8. The molecule has 4 nitrogen and oxygen atoms in total. The number of nitrogens with zero attached hydrogens (tertiary/aromatic N) is 2. The van der Waals surface area contributed by atoms with E-state index < -0.39 is 0 Å². The third-order valence-electron chi connectivity index (χ3n) is 4.63. The van der Waals surface area contributed by atoms with Gasteiger partial charge in [-0.25, -0.2) is 8.61 Å². The Morgan fingerprint density at radius 3 is 1.58 bits per heavy atom. The van der Waals surface area contributed by atoms with Gasteiger partial charge in [0.1, 0.15) is 0 Å². The van der Waals surface area contributed by atoms with E-state index in [1.54, 1.807) is 0 Å². The van der Waals surface area contributed by atoms with Gasteiger partial charge in [-0.1, -0.05) is 26.7 Å². The van der Waals surface area contributed by atoms with Gasteiger partial charge in [-0.2, -0.15) is 0 Å². The number of unbranched alkanes of at least 4 members (excludes halogenated alkanes) is 2. The van der Waals surface area contributed by atoms with E-state index in [9.17, 15) is 0 Å². The van der Waals surface area contributed by atoms with Crippen molar-refractivity contribution in [3.63, 3.8) is 0 Å². The van der Waals surface area contributed by atoms with E-state index in [1.165, 1.54) is 51.4 Å². The van der Waals surface area contributed by atoms with Crippen molar-refractivity contribution in [1.29, 1.82) is 0 Å². The Morgan fingerprint density at radius 1 is 0.792 bits per heavy atom. The summed E-state index contributed by atoms with van der Waals surface area (Å²) in [5, 5.41) is 0. The summed E-state index contributed by atoms with van der Waals surface area (Å²) in [6.45, 7) is 10.9. The zero-order valence-corrected chi connectivity index (χ0v) is 17.2. The first kappa shape index (κ1) is 20.8. The molecule has 0 aliphatic carbocycles. The molecule has 2 unspecified atom stereocenters. The summed E-state index contributed by atoms with van der Waals surface area (Å²) in [6, 6.07) is 0. The van der Waals surface area contributed by atoms with Gasteiger partial charge in [-0.15, -0.1) is 0 Å². The highest BCUT2D eigenvalue weighted by atomic mass is 33.1. The van der Waals surface area contributed by atoms with Gasteiger partial charge in [0.05, 0.1) is 12.2 Å². The van der Waals surface area contributed by atoms with Crippen molar-refractivity contribution in [2.75, 3.05) is 39.4 Å². The molecule has 2 aliphatic rings. The molecular formula is C18H36N2O2S2. The monoisotopic (exact) mass is 376 g/mol. The predicted molar refractivity (Wildman–Crippen MR) is 106 cm³/mol. The highest BCUT2D eigenvalue weighted by Gasteiger charge is 2.23.